The molecule has 1 aromatic rings. The van der Waals surface area contributed by atoms with Crippen LogP contribution in [-0.4, -0.2) is 24.3 Å². The van der Waals surface area contributed by atoms with Crippen LogP contribution < -0.4 is 10.6 Å². The van der Waals surface area contributed by atoms with Crippen molar-refractivity contribution in [2.75, 3.05) is 23.7 Å². The Morgan fingerprint density at radius 2 is 2.14 bits per heavy atom. The van der Waals surface area contributed by atoms with E-state index in [1.165, 1.54) is 12.1 Å². The molecule has 0 spiro atoms. The molecule has 1 heterocycles. The predicted octanol–water partition coefficient (Wildman–Crippen LogP) is 1.24. The van der Waals surface area contributed by atoms with Gasteiger partial charge in [-0.1, -0.05) is 11.6 Å². The van der Waals surface area contributed by atoms with Crippen molar-refractivity contribution in [3.05, 3.63) is 23.0 Å². The van der Waals surface area contributed by atoms with Crippen molar-refractivity contribution in [1.82, 2.24) is 0 Å². The Balaban J connectivity index is 2.30. The highest BCUT2D eigenvalue weighted by Crippen LogP contribution is 2.31. The van der Waals surface area contributed by atoms with Crippen LogP contribution in [0.1, 0.15) is 0 Å². The standard InChI is InChI=1S/C9H10ClFN2O/c10-6-1-9(8(12)2-7(6)11)13-3-5(14)4-13/h1-2,5,14H,3-4,12H2. The van der Waals surface area contributed by atoms with Crippen LogP contribution in [0.4, 0.5) is 15.8 Å². The molecule has 0 bridgehead atoms. The Morgan fingerprint density at radius 3 is 2.71 bits per heavy atom. The van der Waals surface area contributed by atoms with Gasteiger partial charge in [-0.25, -0.2) is 4.39 Å². The molecule has 1 saturated heterocycles. The van der Waals surface area contributed by atoms with Gasteiger partial charge in [0.2, 0.25) is 0 Å². The van der Waals surface area contributed by atoms with E-state index in [-0.39, 0.29) is 11.1 Å². The van der Waals surface area contributed by atoms with Gasteiger partial charge < -0.3 is 15.7 Å². The maximum absolute atomic E-state index is 12.9. The molecule has 1 aliphatic heterocycles. The fraction of sp³-hybridized carbons (Fsp3) is 0.333. The highest BCUT2D eigenvalue weighted by atomic mass is 35.5. The number of hydrogen-bond donors (Lipinski definition) is 2. The van der Waals surface area contributed by atoms with Gasteiger partial charge in [0, 0.05) is 19.2 Å². The predicted molar refractivity (Wildman–Crippen MR) is 54.0 cm³/mol. The first kappa shape index (κ1) is 9.55. The molecule has 0 saturated carbocycles. The number of benzene rings is 1. The lowest BCUT2D eigenvalue weighted by Crippen LogP contribution is -2.51. The van der Waals surface area contributed by atoms with Crippen molar-refractivity contribution in [1.29, 1.82) is 0 Å². The number of nitrogens with two attached hydrogens (primary N) is 1. The quantitative estimate of drug-likeness (QED) is 0.695. The molecule has 5 heteroatoms. The lowest BCUT2D eigenvalue weighted by Gasteiger charge is -2.38. The zero-order valence-corrected chi connectivity index (χ0v) is 8.13. The maximum atomic E-state index is 12.9. The number of nitrogens with zero attached hydrogens (tertiary/aromatic N) is 1. The molecule has 1 aliphatic rings. The number of anilines is 2. The van der Waals surface area contributed by atoms with Gasteiger partial charge in [0.1, 0.15) is 5.82 Å². The van der Waals surface area contributed by atoms with E-state index in [4.69, 9.17) is 22.4 Å². The van der Waals surface area contributed by atoms with E-state index in [1.54, 1.807) is 0 Å². The Labute approximate surface area is 85.9 Å². The van der Waals surface area contributed by atoms with E-state index in [0.717, 1.165) is 0 Å². The van der Waals surface area contributed by atoms with Crippen molar-refractivity contribution in [3.63, 3.8) is 0 Å². The van der Waals surface area contributed by atoms with Crippen LogP contribution in [0, 0.1) is 5.82 Å². The van der Waals surface area contributed by atoms with E-state index < -0.39 is 5.82 Å². The van der Waals surface area contributed by atoms with Crippen LogP contribution in [-0.2, 0) is 0 Å². The van der Waals surface area contributed by atoms with Gasteiger partial charge in [-0.2, -0.15) is 0 Å². The third-order valence-electron chi connectivity index (χ3n) is 2.27. The highest BCUT2D eigenvalue weighted by molar-refractivity contribution is 6.31. The smallest absolute Gasteiger partial charge is 0.143 e. The summed E-state index contributed by atoms with van der Waals surface area (Å²) < 4.78 is 12.9. The second-order valence-electron chi connectivity index (χ2n) is 3.38. The highest BCUT2D eigenvalue weighted by Gasteiger charge is 2.26. The molecule has 1 aromatic carbocycles. The molecule has 1 fully saturated rings. The first-order chi connectivity index (χ1) is 6.58. The molecule has 0 aliphatic carbocycles. The van der Waals surface area contributed by atoms with Gasteiger partial charge in [0.15, 0.2) is 0 Å². The Bertz CT molecular complexity index is 366. The number of nitrogen functional groups attached to an aromatic ring is 1. The summed E-state index contributed by atoms with van der Waals surface area (Å²) in [6.45, 7) is 1.04. The molecular weight excluding hydrogens is 207 g/mol. The molecule has 0 aromatic heterocycles. The Hall–Kier alpha value is -1.00. The van der Waals surface area contributed by atoms with Gasteiger partial charge in [-0.05, 0) is 6.07 Å². The first-order valence-electron chi connectivity index (χ1n) is 4.25. The summed E-state index contributed by atoms with van der Waals surface area (Å²) in [7, 11) is 0. The number of aliphatic hydroxyl groups excluding tert-OH is 1. The zero-order valence-electron chi connectivity index (χ0n) is 7.37. The molecule has 76 valence electrons. The van der Waals surface area contributed by atoms with Gasteiger partial charge in [0.25, 0.3) is 0 Å². The van der Waals surface area contributed by atoms with E-state index >= 15 is 0 Å². The SMILES string of the molecule is Nc1cc(F)c(Cl)cc1N1CC(O)C1. The third kappa shape index (κ3) is 1.51. The summed E-state index contributed by atoms with van der Waals surface area (Å²) in [5, 5.41) is 9.16. The van der Waals surface area contributed by atoms with Crippen molar-refractivity contribution in [2.45, 2.75) is 6.10 Å². The van der Waals surface area contributed by atoms with Gasteiger partial charge >= 0.3 is 0 Å². The summed E-state index contributed by atoms with van der Waals surface area (Å²) in [4.78, 5) is 1.85. The minimum absolute atomic E-state index is 0.0515. The molecule has 14 heavy (non-hydrogen) atoms. The number of β-amino-alcohol motifs (C(OH)–C–C–N with tert-alkyl or cyclic N) is 1. The average molecular weight is 217 g/mol. The summed E-state index contributed by atoms with van der Waals surface area (Å²) in [5.41, 5.74) is 6.65. The topological polar surface area (TPSA) is 49.5 Å². The summed E-state index contributed by atoms with van der Waals surface area (Å²) in [6, 6.07) is 2.68. The van der Waals surface area contributed by atoms with Crippen LogP contribution in [0.25, 0.3) is 0 Å². The third-order valence-corrected chi connectivity index (χ3v) is 2.56. The van der Waals surface area contributed by atoms with E-state index in [9.17, 15) is 4.39 Å². The molecule has 0 radical (unpaired) electrons. The largest absolute Gasteiger partial charge is 0.397 e. The molecule has 3 N–H and O–H groups in total. The van der Waals surface area contributed by atoms with E-state index in [0.29, 0.717) is 24.5 Å². The Morgan fingerprint density at radius 1 is 1.50 bits per heavy atom. The van der Waals surface area contributed by atoms with Crippen LogP contribution in [0.15, 0.2) is 12.1 Å². The van der Waals surface area contributed by atoms with Crippen molar-refractivity contribution in [2.24, 2.45) is 0 Å². The number of hydrogen-bond acceptors (Lipinski definition) is 3. The van der Waals surface area contributed by atoms with Crippen LogP contribution in [0.2, 0.25) is 5.02 Å². The minimum atomic E-state index is -0.519. The van der Waals surface area contributed by atoms with E-state index in [1.807, 2.05) is 4.90 Å². The molecular formula is C9H10ClFN2O. The normalized spacial score (nSPS) is 16.9. The molecule has 0 atom stereocenters. The average Bonchev–Trinajstić information content (AvgIpc) is 2.07. The van der Waals surface area contributed by atoms with Gasteiger partial charge in [-0.15, -0.1) is 0 Å². The van der Waals surface area contributed by atoms with Crippen LogP contribution in [0.3, 0.4) is 0 Å². The fourth-order valence-corrected chi connectivity index (χ4v) is 1.64. The number of aliphatic hydroxyl groups is 1. The van der Waals surface area contributed by atoms with Gasteiger partial charge in [0.05, 0.1) is 22.5 Å². The van der Waals surface area contributed by atoms with E-state index in [2.05, 4.69) is 0 Å². The lowest BCUT2D eigenvalue weighted by molar-refractivity contribution is 0.142. The van der Waals surface area contributed by atoms with Crippen molar-refractivity contribution >= 4 is 23.0 Å². The van der Waals surface area contributed by atoms with Gasteiger partial charge in [-0.3, -0.25) is 0 Å². The van der Waals surface area contributed by atoms with Crippen LogP contribution in [0.5, 0.6) is 0 Å². The molecule has 3 nitrogen and oxygen atoms in total. The van der Waals surface area contributed by atoms with Crippen molar-refractivity contribution < 1.29 is 9.50 Å². The first-order valence-corrected chi connectivity index (χ1v) is 4.63. The zero-order chi connectivity index (χ0) is 10.3. The summed E-state index contributed by atoms with van der Waals surface area (Å²) in [6.07, 6.45) is -0.321. The second-order valence-corrected chi connectivity index (χ2v) is 3.79. The second kappa shape index (κ2) is 3.29. The lowest BCUT2D eigenvalue weighted by atomic mass is 10.1. The van der Waals surface area contributed by atoms with Crippen LogP contribution >= 0.6 is 11.6 Å². The molecule has 0 amide bonds. The summed E-state index contributed by atoms with van der Waals surface area (Å²) >= 11 is 5.63. The summed E-state index contributed by atoms with van der Waals surface area (Å²) in [5.74, 6) is -0.519. The minimum Gasteiger partial charge on any atom is -0.397 e. The number of halogens is 2. The number of rotatable bonds is 1. The molecule has 0 unspecified atom stereocenters. The molecule has 2 rings (SSSR count). The van der Waals surface area contributed by atoms with Crippen molar-refractivity contribution in [3.8, 4) is 0 Å². The Kier molecular flexibility index (Phi) is 2.25. The maximum Gasteiger partial charge on any atom is 0.143 e. The monoisotopic (exact) mass is 216 g/mol. The fourth-order valence-electron chi connectivity index (χ4n) is 1.48.